The molecule has 0 aliphatic rings. The van der Waals surface area contributed by atoms with E-state index in [9.17, 15) is 28.1 Å². The van der Waals surface area contributed by atoms with E-state index in [0.29, 0.717) is 18.5 Å². The standard InChI is InChI=1S/C24H32N4O6S/c1-5-14-25-24(30)21(6-2)26(16-19-10-8-7-9-11-19)23(29)17-27(35(4,33)34)22-15-20(28(31)32)13-12-18(22)3/h7-13,15,21H,5-6,14,16-17H2,1-4H3,(H,25,30). The maximum Gasteiger partial charge on any atom is 0.271 e. The summed E-state index contributed by atoms with van der Waals surface area (Å²) in [6.45, 7) is 5.25. The molecule has 2 amide bonds. The number of nitrogens with one attached hydrogen (secondary N) is 1. The SMILES string of the molecule is CCCNC(=O)C(CC)N(Cc1ccccc1)C(=O)CN(c1cc([N+](=O)[O-])ccc1C)S(C)(=O)=O. The molecule has 0 saturated carbocycles. The smallest absolute Gasteiger partial charge is 0.271 e. The predicted molar refractivity (Wildman–Crippen MR) is 134 cm³/mol. The Balaban J connectivity index is 2.49. The number of sulfonamides is 1. The van der Waals surface area contributed by atoms with Gasteiger partial charge in [-0.2, -0.15) is 0 Å². The fourth-order valence-electron chi connectivity index (χ4n) is 3.64. The third-order valence-electron chi connectivity index (χ3n) is 5.48. The minimum absolute atomic E-state index is 0.0400. The van der Waals surface area contributed by atoms with E-state index < -0.39 is 33.4 Å². The normalized spacial score (nSPS) is 12.0. The lowest BCUT2D eigenvalue weighted by atomic mass is 10.1. The number of nitrogens with zero attached hydrogens (tertiary/aromatic N) is 3. The topological polar surface area (TPSA) is 130 Å². The van der Waals surface area contributed by atoms with Crippen molar-refractivity contribution in [3.05, 3.63) is 69.8 Å². The van der Waals surface area contributed by atoms with Gasteiger partial charge in [-0.3, -0.25) is 24.0 Å². The van der Waals surface area contributed by atoms with E-state index in [1.807, 2.05) is 37.3 Å². The second-order valence-electron chi connectivity index (χ2n) is 8.22. The predicted octanol–water partition coefficient (Wildman–Crippen LogP) is 3.00. The van der Waals surface area contributed by atoms with E-state index in [1.54, 1.807) is 13.8 Å². The number of nitro groups is 1. The minimum Gasteiger partial charge on any atom is -0.354 e. The average molecular weight is 505 g/mol. The molecular formula is C24H32N4O6S. The zero-order chi connectivity index (χ0) is 26.2. The highest BCUT2D eigenvalue weighted by atomic mass is 32.2. The third-order valence-corrected chi connectivity index (χ3v) is 6.61. The van der Waals surface area contributed by atoms with Crippen molar-refractivity contribution in [1.82, 2.24) is 10.2 Å². The number of nitro benzene ring substituents is 1. The minimum atomic E-state index is -3.99. The first-order chi connectivity index (χ1) is 16.5. The summed E-state index contributed by atoms with van der Waals surface area (Å²) in [5, 5.41) is 14.1. The molecule has 0 bridgehead atoms. The molecule has 0 heterocycles. The van der Waals surface area contributed by atoms with Crippen LogP contribution in [0.15, 0.2) is 48.5 Å². The van der Waals surface area contributed by atoms with Crippen molar-refractivity contribution < 1.29 is 22.9 Å². The van der Waals surface area contributed by atoms with Crippen LogP contribution in [-0.2, 0) is 26.2 Å². The van der Waals surface area contributed by atoms with Crippen LogP contribution in [0.4, 0.5) is 11.4 Å². The van der Waals surface area contributed by atoms with E-state index in [2.05, 4.69) is 5.32 Å². The number of carbonyl (C=O) groups is 2. The average Bonchev–Trinajstić information content (AvgIpc) is 2.81. The Morgan fingerprint density at radius 2 is 1.77 bits per heavy atom. The Bertz CT molecular complexity index is 1150. The van der Waals surface area contributed by atoms with Crippen LogP contribution in [0.25, 0.3) is 0 Å². The van der Waals surface area contributed by atoms with Crippen molar-refractivity contribution in [2.45, 2.75) is 46.2 Å². The van der Waals surface area contributed by atoms with Crippen LogP contribution in [0, 0.1) is 17.0 Å². The molecule has 11 heteroatoms. The van der Waals surface area contributed by atoms with Crippen molar-refractivity contribution in [2.24, 2.45) is 0 Å². The highest BCUT2D eigenvalue weighted by Crippen LogP contribution is 2.28. The first-order valence-corrected chi connectivity index (χ1v) is 13.2. The van der Waals surface area contributed by atoms with Gasteiger partial charge in [0.2, 0.25) is 21.8 Å². The van der Waals surface area contributed by atoms with Gasteiger partial charge < -0.3 is 10.2 Å². The van der Waals surface area contributed by atoms with Crippen LogP contribution in [0.3, 0.4) is 0 Å². The Morgan fingerprint density at radius 1 is 1.11 bits per heavy atom. The Kier molecular flexibility index (Phi) is 9.76. The maximum atomic E-state index is 13.6. The van der Waals surface area contributed by atoms with Crippen molar-refractivity contribution in [1.29, 1.82) is 0 Å². The van der Waals surface area contributed by atoms with Crippen LogP contribution < -0.4 is 9.62 Å². The van der Waals surface area contributed by atoms with Crippen molar-refractivity contribution in [3.8, 4) is 0 Å². The number of anilines is 1. The molecule has 2 rings (SSSR count). The van der Waals surface area contributed by atoms with Crippen molar-refractivity contribution in [3.63, 3.8) is 0 Å². The number of benzene rings is 2. The van der Waals surface area contributed by atoms with E-state index >= 15 is 0 Å². The Hall–Kier alpha value is -3.47. The molecule has 0 saturated heterocycles. The van der Waals surface area contributed by atoms with Crippen molar-refractivity contribution in [2.75, 3.05) is 23.7 Å². The van der Waals surface area contributed by atoms with Crippen molar-refractivity contribution >= 4 is 33.2 Å². The molecule has 0 aliphatic carbocycles. The molecule has 1 N–H and O–H groups in total. The number of aryl methyl sites for hydroxylation is 1. The highest BCUT2D eigenvalue weighted by Gasteiger charge is 2.32. The summed E-state index contributed by atoms with van der Waals surface area (Å²) >= 11 is 0. The molecule has 10 nitrogen and oxygen atoms in total. The molecule has 1 atom stereocenters. The van der Waals surface area contributed by atoms with Gasteiger partial charge in [0.05, 0.1) is 16.9 Å². The fourth-order valence-corrected chi connectivity index (χ4v) is 4.54. The molecule has 0 fully saturated rings. The highest BCUT2D eigenvalue weighted by molar-refractivity contribution is 7.92. The van der Waals surface area contributed by atoms with Gasteiger partial charge in [-0.25, -0.2) is 8.42 Å². The van der Waals surface area contributed by atoms with E-state index in [-0.39, 0.29) is 23.8 Å². The number of rotatable bonds is 12. The Labute approximate surface area is 206 Å². The largest absolute Gasteiger partial charge is 0.354 e. The lowest BCUT2D eigenvalue weighted by Gasteiger charge is -2.33. The lowest BCUT2D eigenvalue weighted by Crippen LogP contribution is -2.52. The molecule has 2 aromatic rings. The number of non-ortho nitro benzene ring substituents is 1. The molecule has 0 radical (unpaired) electrons. The van der Waals surface area contributed by atoms with Gasteiger partial charge in [0.15, 0.2) is 0 Å². The number of hydrogen-bond acceptors (Lipinski definition) is 6. The van der Waals surface area contributed by atoms with Gasteiger partial charge in [-0.15, -0.1) is 0 Å². The quantitative estimate of drug-likeness (QED) is 0.349. The van der Waals surface area contributed by atoms with Crippen LogP contribution in [0.1, 0.15) is 37.8 Å². The summed E-state index contributed by atoms with van der Waals surface area (Å²) in [6.07, 6.45) is 1.98. The third kappa shape index (κ3) is 7.51. The van der Waals surface area contributed by atoms with Crippen LogP contribution in [-0.4, -0.2) is 55.4 Å². The van der Waals surface area contributed by atoms with Gasteiger partial charge in [0.1, 0.15) is 12.6 Å². The maximum absolute atomic E-state index is 13.6. The summed E-state index contributed by atoms with van der Waals surface area (Å²) in [5.74, 6) is -0.917. The van der Waals surface area contributed by atoms with E-state index in [4.69, 9.17) is 0 Å². The molecule has 0 aliphatic heterocycles. The van der Waals surface area contributed by atoms with Crippen LogP contribution >= 0.6 is 0 Å². The zero-order valence-corrected chi connectivity index (χ0v) is 21.2. The summed E-state index contributed by atoms with van der Waals surface area (Å²) in [7, 11) is -3.99. The van der Waals surface area contributed by atoms with Crippen LogP contribution in [0.5, 0.6) is 0 Å². The first-order valence-electron chi connectivity index (χ1n) is 11.3. The summed E-state index contributed by atoms with van der Waals surface area (Å²) in [5.41, 5.74) is 0.979. The second kappa shape index (κ2) is 12.3. The summed E-state index contributed by atoms with van der Waals surface area (Å²) in [6, 6.07) is 12.1. The molecular weight excluding hydrogens is 472 g/mol. The van der Waals surface area contributed by atoms with E-state index in [1.165, 1.54) is 17.0 Å². The Morgan fingerprint density at radius 3 is 2.31 bits per heavy atom. The summed E-state index contributed by atoms with van der Waals surface area (Å²) < 4.78 is 26.3. The second-order valence-corrected chi connectivity index (χ2v) is 10.1. The van der Waals surface area contributed by atoms with Gasteiger partial charge in [-0.05, 0) is 30.9 Å². The number of amides is 2. The van der Waals surface area contributed by atoms with E-state index in [0.717, 1.165) is 28.6 Å². The van der Waals surface area contributed by atoms with Gasteiger partial charge >= 0.3 is 0 Å². The zero-order valence-electron chi connectivity index (χ0n) is 20.4. The summed E-state index contributed by atoms with van der Waals surface area (Å²) in [4.78, 5) is 38.5. The number of hydrogen-bond donors (Lipinski definition) is 1. The van der Waals surface area contributed by atoms with Gasteiger partial charge in [0, 0.05) is 25.2 Å². The van der Waals surface area contributed by atoms with Crippen LogP contribution in [0.2, 0.25) is 0 Å². The fraction of sp³-hybridized carbons (Fsp3) is 0.417. The first kappa shape index (κ1) is 27.8. The number of carbonyl (C=O) groups excluding carboxylic acids is 2. The lowest BCUT2D eigenvalue weighted by molar-refractivity contribution is -0.384. The molecule has 35 heavy (non-hydrogen) atoms. The molecule has 0 spiro atoms. The molecule has 190 valence electrons. The molecule has 0 aromatic heterocycles. The molecule has 1 unspecified atom stereocenters. The monoisotopic (exact) mass is 504 g/mol. The molecule has 2 aromatic carbocycles. The van der Waals surface area contributed by atoms with Gasteiger partial charge in [0.25, 0.3) is 5.69 Å². The van der Waals surface area contributed by atoms with Gasteiger partial charge in [-0.1, -0.05) is 50.2 Å².